The molecule has 10 heteroatoms. The van der Waals surface area contributed by atoms with Crippen LogP contribution in [-0.2, 0) is 20.1 Å². The Morgan fingerprint density at radius 2 is 1.37 bits per heavy atom. The van der Waals surface area contributed by atoms with Gasteiger partial charge < -0.3 is 23.6 Å². The van der Waals surface area contributed by atoms with Gasteiger partial charge in [0.15, 0.2) is 0 Å². The Bertz CT molecular complexity index is 2350. The number of aryl methyl sites for hydroxylation is 2. The summed E-state index contributed by atoms with van der Waals surface area (Å²) in [6.07, 6.45) is 5.76. The van der Waals surface area contributed by atoms with Crippen LogP contribution >= 0.6 is 0 Å². The fourth-order valence-corrected chi connectivity index (χ4v) is 7.53. The summed E-state index contributed by atoms with van der Waals surface area (Å²) in [6.45, 7) is 4.49. The number of hydrogen-bond acceptors (Lipinski definition) is 6. The molecule has 0 atom stereocenters. The smallest absolute Gasteiger partial charge is 0.522 e. The van der Waals surface area contributed by atoms with Gasteiger partial charge in [0.25, 0.3) is 0 Å². The SMILES string of the molecule is Cc1cccc(C)c1B1N(C)c2ccc[c-]c2-c2nccn21.[Ir].[c-]1ccccc1N1B2Oc3ccccc3-c3ccccc3N2c2cccnc21. The summed E-state index contributed by atoms with van der Waals surface area (Å²) in [5, 5.41) is 0. The summed E-state index contributed by atoms with van der Waals surface area (Å²) in [5.41, 5.74) is 11.5. The third kappa shape index (κ3) is 5.34. The molecule has 1 radical (unpaired) electrons. The van der Waals surface area contributed by atoms with Crippen molar-refractivity contribution in [2.75, 3.05) is 21.5 Å². The Balaban J connectivity index is 0.000000148. The fourth-order valence-electron chi connectivity index (χ4n) is 7.53. The van der Waals surface area contributed by atoms with Gasteiger partial charge in [-0.3, -0.25) is 4.98 Å². The van der Waals surface area contributed by atoms with E-state index in [0.717, 1.165) is 51.1 Å². The van der Waals surface area contributed by atoms with Gasteiger partial charge in [0, 0.05) is 61.3 Å². The van der Waals surface area contributed by atoms with E-state index in [4.69, 9.17) is 4.65 Å². The zero-order chi connectivity index (χ0) is 33.8. The molecular formula is C41H32B2IrN6O-2. The maximum Gasteiger partial charge on any atom is 0.627 e. The normalized spacial score (nSPS) is 13.2. The number of benzene rings is 5. The molecule has 3 aliphatic heterocycles. The number of rotatable bonds is 2. The number of fused-ring (bicyclic) bond motifs is 10. The van der Waals surface area contributed by atoms with Gasteiger partial charge >= 0.3 is 14.2 Å². The fraction of sp³-hybridized carbons (Fsp3) is 0.0732. The molecule has 51 heavy (non-hydrogen) atoms. The molecule has 0 saturated carbocycles. The van der Waals surface area contributed by atoms with E-state index >= 15 is 0 Å². The average molecular weight is 839 g/mol. The predicted octanol–water partition coefficient (Wildman–Crippen LogP) is 7.87. The molecule has 0 unspecified atom stereocenters. The van der Waals surface area contributed by atoms with Crippen LogP contribution < -0.4 is 24.5 Å². The van der Waals surface area contributed by atoms with Crippen molar-refractivity contribution in [2.24, 2.45) is 0 Å². The van der Waals surface area contributed by atoms with Gasteiger partial charge in [0.2, 0.25) is 0 Å². The van der Waals surface area contributed by atoms with Crippen molar-refractivity contribution in [3.63, 3.8) is 0 Å². The first-order valence-corrected chi connectivity index (χ1v) is 16.8. The van der Waals surface area contributed by atoms with E-state index in [9.17, 15) is 0 Å². The van der Waals surface area contributed by atoms with Gasteiger partial charge in [-0.1, -0.05) is 82.7 Å². The van der Waals surface area contributed by atoms with Gasteiger partial charge in [0.05, 0.1) is 5.69 Å². The van der Waals surface area contributed by atoms with Gasteiger partial charge in [-0.25, -0.2) is 4.98 Å². The Labute approximate surface area is 312 Å². The number of aromatic nitrogens is 3. The van der Waals surface area contributed by atoms with Crippen LogP contribution in [0, 0.1) is 26.0 Å². The van der Waals surface area contributed by atoms with E-state index in [1.54, 1.807) is 0 Å². The van der Waals surface area contributed by atoms with Gasteiger partial charge in [0.1, 0.15) is 11.6 Å². The minimum Gasteiger partial charge on any atom is -0.522 e. The Kier molecular flexibility index (Phi) is 8.50. The molecule has 0 amide bonds. The first-order valence-electron chi connectivity index (χ1n) is 16.8. The van der Waals surface area contributed by atoms with Crippen LogP contribution in [0.2, 0.25) is 0 Å². The van der Waals surface area contributed by atoms with Crippen molar-refractivity contribution in [1.82, 2.24) is 14.4 Å². The van der Waals surface area contributed by atoms with Crippen LogP contribution in [-0.4, -0.2) is 35.7 Å². The van der Waals surface area contributed by atoms with E-state index in [1.165, 1.54) is 22.3 Å². The molecule has 0 spiro atoms. The predicted molar refractivity (Wildman–Crippen MR) is 204 cm³/mol. The summed E-state index contributed by atoms with van der Waals surface area (Å²) in [5.74, 6) is 2.71. The number of pyridine rings is 1. The average Bonchev–Trinajstić information content (AvgIpc) is 3.73. The molecule has 5 aromatic carbocycles. The summed E-state index contributed by atoms with van der Waals surface area (Å²) in [4.78, 5) is 15.9. The molecule has 0 N–H and O–H groups in total. The molecule has 7 aromatic rings. The number of anilines is 5. The maximum atomic E-state index is 6.60. The second kappa shape index (κ2) is 13.3. The third-order valence-corrected chi connectivity index (χ3v) is 9.76. The van der Waals surface area contributed by atoms with Crippen LogP contribution in [0.1, 0.15) is 11.1 Å². The van der Waals surface area contributed by atoms with Crippen molar-refractivity contribution in [2.45, 2.75) is 13.8 Å². The van der Waals surface area contributed by atoms with E-state index in [-0.39, 0.29) is 34.3 Å². The van der Waals surface area contributed by atoms with Gasteiger partial charge in [-0.05, 0) is 50.6 Å². The third-order valence-electron chi connectivity index (χ3n) is 9.76. The summed E-state index contributed by atoms with van der Waals surface area (Å²) < 4.78 is 8.85. The molecule has 0 fully saturated rings. The van der Waals surface area contributed by atoms with Crippen molar-refractivity contribution in [3.8, 4) is 28.3 Å². The monoisotopic (exact) mass is 839 g/mol. The minimum atomic E-state index is -0.381. The molecule has 0 bridgehead atoms. The second-order valence-corrected chi connectivity index (χ2v) is 12.7. The molecule has 7 nitrogen and oxygen atoms in total. The topological polar surface area (TPSA) is 49.7 Å². The Morgan fingerprint density at radius 1 is 0.647 bits per heavy atom. The molecule has 2 aromatic heterocycles. The van der Waals surface area contributed by atoms with E-state index in [1.807, 2.05) is 73.1 Å². The molecule has 10 rings (SSSR count). The number of hydrogen-bond donors (Lipinski definition) is 0. The first-order chi connectivity index (χ1) is 24.6. The van der Waals surface area contributed by atoms with E-state index < -0.39 is 0 Å². The van der Waals surface area contributed by atoms with Crippen LogP contribution in [0.5, 0.6) is 5.75 Å². The largest absolute Gasteiger partial charge is 0.627 e. The zero-order valence-corrected chi connectivity index (χ0v) is 30.8. The van der Waals surface area contributed by atoms with E-state index in [0.29, 0.717) is 0 Å². The van der Waals surface area contributed by atoms with Gasteiger partial charge in [-0.15, -0.1) is 30.3 Å². The number of imidazole rings is 1. The van der Waals surface area contributed by atoms with Gasteiger partial charge in [-0.2, -0.15) is 24.3 Å². The summed E-state index contributed by atoms with van der Waals surface area (Å²) in [7, 11) is 1.76. The van der Waals surface area contributed by atoms with Crippen molar-refractivity contribution in [3.05, 3.63) is 163 Å². The van der Waals surface area contributed by atoms with Crippen LogP contribution in [0.4, 0.5) is 28.6 Å². The standard InChI is InChI=1S/C23H15BN3O.C18H17BN3.Ir/c1-2-9-17(10-3-1)26-23-21(14-8-16-25-23)27-20-13-6-4-11-18(20)19-12-5-7-15-22(19)28-24(26)27;1-13-7-6-8-14(2)17(13)19-21(3)16-10-5-4-9-15(16)18-20-11-12-22(18)19;/h1-9,11-16H;4-8,10-12H,1-3H3;/q2*-1;. The second-order valence-electron chi connectivity index (χ2n) is 12.7. The number of nitrogens with zero attached hydrogens (tertiary/aromatic N) is 6. The quantitative estimate of drug-likeness (QED) is 0.131. The molecule has 5 heterocycles. The first kappa shape index (κ1) is 32.6. The van der Waals surface area contributed by atoms with Crippen molar-refractivity contribution >= 4 is 48.2 Å². The van der Waals surface area contributed by atoms with Crippen LogP contribution in [0.15, 0.2) is 140 Å². The number of para-hydroxylation sites is 3. The maximum absolute atomic E-state index is 6.60. The summed E-state index contributed by atoms with van der Waals surface area (Å²) >= 11 is 0. The minimum absolute atomic E-state index is 0. The molecular weight excluding hydrogens is 806 g/mol. The van der Waals surface area contributed by atoms with Crippen molar-refractivity contribution < 1.29 is 24.8 Å². The molecule has 249 valence electrons. The van der Waals surface area contributed by atoms with Crippen LogP contribution in [0.25, 0.3) is 22.5 Å². The van der Waals surface area contributed by atoms with Crippen LogP contribution in [0.3, 0.4) is 0 Å². The summed E-state index contributed by atoms with van der Waals surface area (Å²) in [6, 6.07) is 47.9. The molecule has 0 saturated heterocycles. The molecule has 3 aliphatic rings. The van der Waals surface area contributed by atoms with E-state index in [2.05, 4.69) is 129 Å². The Hall–Kier alpha value is -5.56. The zero-order valence-electron chi connectivity index (χ0n) is 28.4. The van der Waals surface area contributed by atoms with Crippen molar-refractivity contribution in [1.29, 1.82) is 0 Å². The Morgan fingerprint density at radius 3 is 2.20 bits per heavy atom. The molecule has 0 aliphatic carbocycles.